The Labute approximate surface area is 74.2 Å². The second kappa shape index (κ2) is 2.10. The average molecular weight is 172 g/mol. The van der Waals surface area contributed by atoms with Gasteiger partial charge in [-0.1, -0.05) is 0 Å². The summed E-state index contributed by atoms with van der Waals surface area (Å²) in [7, 11) is 0. The van der Waals surface area contributed by atoms with Gasteiger partial charge in [0.15, 0.2) is 5.65 Å². The Kier molecular flexibility index (Phi) is 1.07. The van der Waals surface area contributed by atoms with Gasteiger partial charge in [-0.3, -0.25) is 0 Å². The molecule has 3 heterocycles. The first kappa shape index (κ1) is 6.65. The van der Waals surface area contributed by atoms with Crippen molar-refractivity contribution in [2.75, 3.05) is 0 Å². The van der Waals surface area contributed by atoms with Crippen molar-refractivity contribution in [1.29, 1.82) is 0 Å². The van der Waals surface area contributed by atoms with Crippen molar-refractivity contribution in [3.8, 4) is 0 Å². The first-order chi connectivity index (χ1) is 6.34. The predicted octanol–water partition coefficient (Wildman–Crippen LogP) is 1.52. The fraction of sp³-hybridized carbons (Fsp3) is 0.111. The van der Waals surface area contributed by atoms with Crippen LogP contribution in [0.3, 0.4) is 0 Å². The molecule has 4 nitrogen and oxygen atoms in total. The second-order valence-electron chi connectivity index (χ2n) is 3.10. The Morgan fingerprint density at radius 3 is 3.31 bits per heavy atom. The number of aryl methyl sites for hydroxylation is 1. The van der Waals surface area contributed by atoms with Crippen molar-refractivity contribution < 1.29 is 0 Å². The minimum atomic E-state index is 0.882. The third-order valence-electron chi connectivity index (χ3n) is 2.12. The summed E-state index contributed by atoms with van der Waals surface area (Å²) in [6.45, 7) is 1.96. The molecule has 0 aromatic carbocycles. The van der Waals surface area contributed by atoms with Gasteiger partial charge in [0.2, 0.25) is 0 Å². The Balaban J connectivity index is 2.64. The van der Waals surface area contributed by atoms with Crippen LogP contribution in [0.25, 0.3) is 16.7 Å². The number of nitrogens with zero attached hydrogens (tertiary/aromatic N) is 3. The molecule has 3 rings (SSSR count). The van der Waals surface area contributed by atoms with Gasteiger partial charge >= 0.3 is 0 Å². The number of rotatable bonds is 0. The highest BCUT2D eigenvalue weighted by atomic mass is 15.3. The van der Waals surface area contributed by atoms with E-state index in [0.29, 0.717) is 0 Å². The second-order valence-corrected chi connectivity index (χ2v) is 3.10. The van der Waals surface area contributed by atoms with E-state index in [2.05, 4.69) is 15.1 Å². The first-order valence-electron chi connectivity index (χ1n) is 4.13. The zero-order valence-electron chi connectivity index (χ0n) is 7.15. The summed E-state index contributed by atoms with van der Waals surface area (Å²) in [6, 6.07) is 3.94. The minimum absolute atomic E-state index is 0.882. The van der Waals surface area contributed by atoms with E-state index in [0.717, 1.165) is 22.4 Å². The molecule has 0 aliphatic rings. The third-order valence-corrected chi connectivity index (χ3v) is 2.12. The average Bonchev–Trinajstić information content (AvgIpc) is 2.65. The fourth-order valence-corrected chi connectivity index (χ4v) is 1.54. The molecule has 3 aromatic heterocycles. The summed E-state index contributed by atoms with van der Waals surface area (Å²) in [5, 5.41) is 5.42. The molecule has 13 heavy (non-hydrogen) atoms. The molecule has 0 aliphatic carbocycles. The van der Waals surface area contributed by atoms with E-state index in [1.165, 1.54) is 0 Å². The van der Waals surface area contributed by atoms with Crippen molar-refractivity contribution in [2.24, 2.45) is 0 Å². The minimum Gasteiger partial charge on any atom is -0.346 e. The van der Waals surface area contributed by atoms with Gasteiger partial charge in [0.05, 0.1) is 5.69 Å². The molecular weight excluding hydrogens is 164 g/mol. The number of aromatic amines is 1. The highest BCUT2D eigenvalue weighted by Gasteiger charge is 2.03. The van der Waals surface area contributed by atoms with E-state index in [4.69, 9.17) is 0 Å². The number of aromatic nitrogens is 4. The van der Waals surface area contributed by atoms with Crippen LogP contribution in [0.1, 0.15) is 5.69 Å². The maximum absolute atomic E-state index is 4.34. The summed E-state index contributed by atoms with van der Waals surface area (Å²) in [5.74, 6) is 0. The molecule has 0 bridgehead atoms. The molecule has 0 amide bonds. The van der Waals surface area contributed by atoms with Crippen LogP contribution < -0.4 is 0 Å². The predicted molar refractivity (Wildman–Crippen MR) is 49.6 cm³/mol. The first-order valence-corrected chi connectivity index (χ1v) is 4.13. The molecule has 0 atom stereocenters. The summed E-state index contributed by atoms with van der Waals surface area (Å²) in [4.78, 5) is 7.42. The molecule has 64 valence electrons. The van der Waals surface area contributed by atoms with Crippen LogP contribution in [0.5, 0.6) is 0 Å². The third kappa shape index (κ3) is 0.796. The standard InChI is InChI=1S/C9H8N4/c1-6-4-8-11-5-7-2-3-10-9(7)13(8)12-6/h2-5,10H,1H3. The molecule has 3 aromatic rings. The van der Waals surface area contributed by atoms with Crippen LogP contribution in [0, 0.1) is 6.92 Å². The van der Waals surface area contributed by atoms with E-state index in [-0.39, 0.29) is 0 Å². The Morgan fingerprint density at radius 1 is 1.46 bits per heavy atom. The summed E-state index contributed by atoms with van der Waals surface area (Å²) < 4.78 is 1.82. The SMILES string of the molecule is Cc1cc2ncc3cc[nH]c3n2n1. The maximum Gasteiger partial charge on any atom is 0.157 e. The van der Waals surface area contributed by atoms with Crippen molar-refractivity contribution in [2.45, 2.75) is 6.92 Å². The molecule has 0 unspecified atom stereocenters. The van der Waals surface area contributed by atoms with Gasteiger partial charge in [0.25, 0.3) is 0 Å². The monoisotopic (exact) mass is 172 g/mol. The number of fused-ring (bicyclic) bond motifs is 3. The normalized spacial score (nSPS) is 11.5. The lowest BCUT2D eigenvalue weighted by Crippen LogP contribution is -1.91. The van der Waals surface area contributed by atoms with Crippen molar-refractivity contribution in [3.63, 3.8) is 0 Å². The summed E-state index contributed by atoms with van der Waals surface area (Å²) in [5.41, 5.74) is 2.86. The summed E-state index contributed by atoms with van der Waals surface area (Å²) >= 11 is 0. The van der Waals surface area contributed by atoms with Crippen LogP contribution in [0.4, 0.5) is 0 Å². The van der Waals surface area contributed by atoms with Crippen molar-refractivity contribution >= 4 is 16.7 Å². The van der Waals surface area contributed by atoms with Crippen molar-refractivity contribution in [3.05, 3.63) is 30.2 Å². The smallest absolute Gasteiger partial charge is 0.157 e. The largest absolute Gasteiger partial charge is 0.346 e. The van der Waals surface area contributed by atoms with Crippen LogP contribution in [-0.4, -0.2) is 19.6 Å². The summed E-state index contributed by atoms with van der Waals surface area (Å²) in [6.07, 6.45) is 3.74. The van der Waals surface area contributed by atoms with Gasteiger partial charge < -0.3 is 4.98 Å². The quantitative estimate of drug-likeness (QED) is 0.558. The van der Waals surface area contributed by atoms with Crippen LogP contribution in [0.2, 0.25) is 0 Å². The van der Waals surface area contributed by atoms with Crippen LogP contribution >= 0.6 is 0 Å². The lowest BCUT2D eigenvalue weighted by molar-refractivity contribution is 0.943. The zero-order chi connectivity index (χ0) is 8.84. The molecule has 0 spiro atoms. The Hall–Kier alpha value is -1.84. The topological polar surface area (TPSA) is 46.0 Å². The van der Waals surface area contributed by atoms with Crippen LogP contribution in [-0.2, 0) is 0 Å². The van der Waals surface area contributed by atoms with Gasteiger partial charge in [0.1, 0.15) is 5.65 Å². The molecule has 0 saturated heterocycles. The molecule has 0 radical (unpaired) electrons. The number of hydrogen-bond acceptors (Lipinski definition) is 2. The molecular formula is C9H8N4. The highest BCUT2D eigenvalue weighted by molar-refractivity contribution is 5.76. The molecule has 1 N–H and O–H groups in total. The molecule has 0 aliphatic heterocycles. The lowest BCUT2D eigenvalue weighted by Gasteiger charge is -1.93. The van der Waals surface area contributed by atoms with Gasteiger partial charge in [-0.15, -0.1) is 0 Å². The van der Waals surface area contributed by atoms with Gasteiger partial charge in [-0.05, 0) is 13.0 Å². The number of hydrogen-bond donors (Lipinski definition) is 1. The van der Waals surface area contributed by atoms with Crippen LogP contribution in [0.15, 0.2) is 24.5 Å². The molecule has 4 heteroatoms. The van der Waals surface area contributed by atoms with Crippen molar-refractivity contribution in [1.82, 2.24) is 19.6 Å². The number of nitrogens with one attached hydrogen (secondary N) is 1. The Bertz CT molecular complexity index is 575. The van der Waals surface area contributed by atoms with Gasteiger partial charge in [0, 0.05) is 23.8 Å². The zero-order valence-corrected chi connectivity index (χ0v) is 7.15. The van der Waals surface area contributed by atoms with E-state index in [1.54, 1.807) is 0 Å². The number of H-pyrrole nitrogens is 1. The fourth-order valence-electron chi connectivity index (χ4n) is 1.54. The Morgan fingerprint density at radius 2 is 2.38 bits per heavy atom. The van der Waals surface area contributed by atoms with E-state index in [1.807, 2.05) is 36.0 Å². The lowest BCUT2D eigenvalue weighted by atomic mass is 10.4. The highest BCUT2D eigenvalue weighted by Crippen LogP contribution is 2.12. The van der Waals surface area contributed by atoms with E-state index < -0.39 is 0 Å². The molecule has 0 fully saturated rings. The van der Waals surface area contributed by atoms with E-state index in [9.17, 15) is 0 Å². The van der Waals surface area contributed by atoms with E-state index >= 15 is 0 Å². The van der Waals surface area contributed by atoms with Gasteiger partial charge in [-0.2, -0.15) is 9.61 Å². The van der Waals surface area contributed by atoms with Gasteiger partial charge in [-0.25, -0.2) is 4.98 Å². The maximum atomic E-state index is 4.34. The molecule has 0 saturated carbocycles.